The van der Waals surface area contributed by atoms with Crippen molar-refractivity contribution >= 4 is 38.4 Å². The van der Waals surface area contributed by atoms with Gasteiger partial charge in [-0.05, 0) is 36.8 Å². The zero-order valence-corrected chi connectivity index (χ0v) is 21.1. The summed E-state index contributed by atoms with van der Waals surface area (Å²) in [5, 5.41) is 10.4. The van der Waals surface area contributed by atoms with Crippen LogP contribution in [0, 0.1) is 0 Å². The van der Waals surface area contributed by atoms with Crippen LogP contribution in [0.5, 0.6) is 17.2 Å². The lowest BCUT2D eigenvalue weighted by Gasteiger charge is -2.23. The molecule has 0 saturated carbocycles. The summed E-state index contributed by atoms with van der Waals surface area (Å²) in [6, 6.07) is 8.89. The summed E-state index contributed by atoms with van der Waals surface area (Å²) in [7, 11) is 1.44. The van der Waals surface area contributed by atoms with Gasteiger partial charge in [-0.2, -0.15) is 0 Å². The summed E-state index contributed by atoms with van der Waals surface area (Å²) >= 11 is 1.07. The zero-order valence-electron chi connectivity index (χ0n) is 19.4. The fraction of sp³-hybridized carbons (Fsp3) is 0.348. The third-order valence-electron chi connectivity index (χ3n) is 5.92. The standard InChI is InChI=1S/C23H25N3O7S2/c1-25(15-8-9-35(30,31)13-15)21(28)12-34-23-24-18-6-5-16(27)11-17(18)22(29)26(23)14-4-7-19(32-2)20(10-14)33-3/h4-7,10-11,15,27H,8-9,12-13H2,1-3H3/t15-/m0/s1. The van der Waals surface area contributed by atoms with Gasteiger partial charge in [0.2, 0.25) is 5.91 Å². The fourth-order valence-corrected chi connectivity index (χ4v) is 6.67. The highest BCUT2D eigenvalue weighted by atomic mass is 32.2. The summed E-state index contributed by atoms with van der Waals surface area (Å²) in [6.07, 6.45) is 0.406. The number of ether oxygens (including phenoxy) is 2. The van der Waals surface area contributed by atoms with Gasteiger partial charge in [0.15, 0.2) is 26.5 Å². The van der Waals surface area contributed by atoms with E-state index in [1.807, 2.05) is 0 Å². The van der Waals surface area contributed by atoms with E-state index < -0.39 is 15.4 Å². The molecule has 12 heteroatoms. The Morgan fingerprint density at radius 2 is 1.94 bits per heavy atom. The summed E-state index contributed by atoms with van der Waals surface area (Å²) in [5.41, 5.74) is 0.383. The van der Waals surface area contributed by atoms with Crippen LogP contribution in [0.25, 0.3) is 16.6 Å². The fourth-order valence-electron chi connectivity index (χ4n) is 3.95. The van der Waals surface area contributed by atoms with Gasteiger partial charge in [-0.25, -0.2) is 13.4 Å². The normalized spacial score (nSPS) is 16.8. The quantitative estimate of drug-likeness (QED) is 0.367. The van der Waals surface area contributed by atoms with Gasteiger partial charge in [0, 0.05) is 19.2 Å². The second kappa shape index (κ2) is 9.78. The largest absolute Gasteiger partial charge is 0.508 e. The Hall–Kier alpha value is -3.25. The average Bonchev–Trinajstić information content (AvgIpc) is 3.21. The molecule has 1 atom stereocenters. The van der Waals surface area contributed by atoms with Crippen molar-refractivity contribution in [3.8, 4) is 22.9 Å². The first-order valence-electron chi connectivity index (χ1n) is 10.7. The summed E-state index contributed by atoms with van der Waals surface area (Å²) in [4.78, 5) is 32.4. The molecule has 1 aliphatic rings. The molecule has 0 aliphatic carbocycles. The number of carbonyl (C=O) groups excluding carboxylic acids is 1. The Morgan fingerprint density at radius 3 is 2.60 bits per heavy atom. The van der Waals surface area contributed by atoms with E-state index >= 15 is 0 Å². The molecule has 2 aromatic carbocycles. The highest BCUT2D eigenvalue weighted by molar-refractivity contribution is 7.99. The third-order valence-corrected chi connectivity index (χ3v) is 8.59. The molecule has 1 fully saturated rings. The minimum atomic E-state index is -3.13. The zero-order chi connectivity index (χ0) is 25.3. The highest BCUT2D eigenvalue weighted by Crippen LogP contribution is 2.31. The van der Waals surface area contributed by atoms with E-state index in [0.29, 0.717) is 29.1 Å². The molecule has 10 nitrogen and oxygen atoms in total. The number of benzene rings is 2. The molecule has 35 heavy (non-hydrogen) atoms. The van der Waals surface area contributed by atoms with Crippen LogP contribution >= 0.6 is 11.8 Å². The van der Waals surface area contributed by atoms with E-state index in [4.69, 9.17) is 9.47 Å². The van der Waals surface area contributed by atoms with E-state index in [-0.39, 0.29) is 45.5 Å². The van der Waals surface area contributed by atoms with Crippen molar-refractivity contribution in [3.05, 3.63) is 46.8 Å². The Labute approximate surface area is 206 Å². The number of nitrogens with zero attached hydrogens (tertiary/aromatic N) is 3. The minimum absolute atomic E-state index is 0.0453. The predicted molar refractivity (Wildman–Crippen MR) is 133 cm³/mol. The molecule has 1 saturated heterocycles. The van der Waals surface area contributed by atoms with Crippen LogP contribution in [0.4, 0.5) is 0 Å². The second-order valence-corrected chi connectivity index (χ2v) is 11.3. The van der Waals surface area contributed by atoms with Crippen molar-refractivity contribution in [2.45, 2.75) is 17.6 Å². The molecule has 1 N–H and O–H groups in total. The number of hydrogen-bond acceptors (Lipinski definition) is 9. The SMILES string of the molecule is COc1ccc(-n2c(SCC(=O)N(C)[C@H]3CCS(=O)(=O)C3)nc3ccc(O)cc3c2=O)cc1OC. The van der Waals surface area contributed by atoms with Crippen molar-refractivity contribution in [1.29, 1.82) is 0 Å². The average molecular weight is 520 g/mol. The molecule has 186 valence electrons. The van der Waals surface area contributed by atoms with E-state index in [1.165, 1.54) is 41.9 Å². The lowest BCUT2D eigenvalue weighted by Crippen LogP contribution is -2.39. The molecule has 1 aromatic heterocycles. The molecular formula is C23H25N3O7S2. The van der Waals surface area contributed by atoms with Crippen molar-refractivity contribution in [1.82, 2.24) is 14.5 Å². The molecule has 1 aliphatic heterocycles. The maximum absolute atomic E-state index is 13.5. The number of hydrogen-bond donors (Lipinski definition) is 1. The number of rotatable bonds is 7. The van der Waals surface area contributed by atoms with Gasteiger partial charge in [0.05, 0.1) is 48.1 Å². The van der Waals surface area contributed by atoms with Crippen molar-refractivity contribution in [3.63, 3.8) is 0 Å². The number of carbonyl (C=O) groups is 1. The third kappa shape index (κ3) is 5.08. The van der Waals surface area contributed by atoms with Crippen LogP contribution in [-0.4, -0.2) is 78.5 Å². The monoisotopic (exact) mass is 519 g/mol. The van der Waals surface area contributed by atoms with Crippen molar-refractivity contribution < 1.29 is 27.8 Å². The topological polar surface area (TPSA) is 128 Å². The van der Waals surface area contributed by atoms with Crippen molar-refractivity contribution in [2.24, 2.45) is 0 Å². The summed E-state index contributed by atoms with van der Waals surface area (Å²) in [5.74, 6) is 0.523. The Morgan fingerprint density at radius 1 is 1.20 bits per heavy atom. The molecule has 3 aromatic rings. The lowest BCUT2D eigenvalue weighted by atomic mass is 10.2. The molecule has 4 rings (SSSR count). The second-order valence-electron chi connectivity index (χ2n) is 8.13. The number of thioether (sulfide) groups is 1. The van der Waals surface area contributed by atoms with E-state index in [2.05, 4.69) is 4.98 Å². The Kier molecular flexibility index (Phi) is 6.95. The molecule has 2 heterocycles. The first-order chi connectivity index (χ1) is 16.6. The van der Waals surface area contributed by atoms with E-state index in [0.717, 1.165) is 11.8 Å². The lowest BCUT2D eigenvalue weighted by molar-refractivity contribution is -0.128. The summed E-state index contributed by atoms with van der Waals surface area (Å²) in [6.45, 7) is 0. The molecule has 0 radical (unpaired) electrons. The molecular weight excluding hydrogens is 494 g/mol. The number of phenols is 1. The first-order valence-corrected chi connectivity index (χ1v) is 13.5. The van der Waals surface area contributed by atoms with Gasteiger partial charge in [-0.3, -0.25) is 14.2 Å². The van der Waals surface area contributed by atoms with Crippen LogP contribution < -0.4 is 15.0 Å². The number of amides is 1. The van der Waals surface area contributed by atoms with E-state index in [1.54, 1.807) is 25.2 Å². The van der Waals surface area contributed by atoms with Gasteiger partial charge in [0.1, 0.15) is 5.75 Å². The number of fused-ring (bicyclic) bond motifs is 1. The first kappa shape index (κ1) is 24.9. The number of aromatic nitrogens is 2. The number of aromatic hydroxyl groups is 1. The van der Waals surface area contributed by atoms with Crippen molar-refractivity contribution in [2.75, 3.05) is 38.5 Å². The van der Waals surface area contributed by atoms with Crippen LogP contribution in [0.2, 0.25) is 0 Å². The molecule has 0 unspecified atom stereocenters. The molecule has 0 spiro atoms. The smallest absolute Gasteiger partial charge is 0.266 e. The summed E-state index contributed by atoms with van der Waals surface area (Å²) < 4.78 is 35.6. The van der Waals surface area contributed by atoms with Crippen LogP contribution in [-0.2, 0) is 14.6 Å². The maximum atomic E-state index is 13.5. The number of sulfone groups is 1. The van der Waals surface area contributed by atoms with Crippen LogP contribution in [0.3, 0.4) is 0 Å². The number of methoxy groups -OCH3 is 2. The Balaban J connectivity index is 1.72. The maximum Gasteiger partial charge on any atom is 0.266 e. The van der Waals surface area contributed by atoms with E-state index in [9.17, 15) is 23.1 Å². The van der Waals surface area contributed by atoms with Gasteiger partial charge >= 0.3 is 0 Å². The van der Waals surface area contributed by atoms with Gasteiger partial charge in [0.25, 0.3) is 5.56 Å². The minimum Gasteiger partial charge on any atom is -0.508 e. The Bertz CT molecular complexity index is 1450. The van der Waals surface area contributed by atoms with Gasteiger partial charge in [-0.15, -0.1) is 0 Å². The van der Waals surface area contributed by atoms with Gasteiger partial charge in [-0.1, -0.05) is 11.8 Å². The highest BCUT2D eigenvalue weighted by Gasteiger charge is 2.32. The molecule has 1 amide bonds. The predicted octanol–water partition coefficient (Wildman–Crippen LogP) is 1.85. The van der Waals surface area contributed by atoms with Gasteiger partial charge < -0.3 is 19.5 Å². The molecule has 0 bridgehead atoms. The van der Waals surface area contributed by atoms with Crippen LogP contribution in [0.1, 0.15) is 6.42 Å². The van der Waals surface area contributed by atoms with Crippen LogP contribution in [0.15, 0.2) is 46.3 Å². The number of phenolic OH excluding ortho intramolecular Hbond substituents is 1.